The molecule has 0 saturated heterocycles. The SMILES string of the molecule is CCCCCCCCCCCC1c2cc(c3c(c2O)CN([C@H](C)c2ccccc2)CO3)C(CCCCCCCCCCC)c2cc(c3c(c2O)CN([C@H](C)c2ccccc2)CO3)C(CCCCCCCCCCC)c2cc(c3c(c2O)CN([C@H](C)c2ccccc2)CO3)C(CCCCCCCCCCC)c2cc1c1c(c2O)CN([C@H](C)c2ccccc2)CO1. The zero-order valence-electron chi connectivity index (χ0n) is 77.6. The summed E-state index contributed by atoms with van der Waals surface area (Å²) in [6, 6.07) is 52.2. The normalized spacial score (nSPS) is 18.2. The van der Waals surface area contributed by atoms with Gasteiger partial charge in [0.2, 0.25) is 0 Å². The second-order valence-corrected chi connectivity index (χ2v) is 38.0. The number of hydrogen-bond acceptors (Lipinski definition) is 12. The van der Waals surface area contributed by atoms with E-state index in [0.29, 0.717) is 102 Å². The van der Waals surface area contributed by atoms with Crippen molar-refractivity contribution in [1.29, 1.82) is 0 Å². The van der Waals surface area contributed by atoms with E-state index in [1.807, 2.05) is 0 Å². The Hall–Kier alpha value is -8.00. The first-order valence-corrected chi connectivity index (χ1v) is 50.0. The van der Waals surface area contributed by atoms with Crippen molar-refractivity contribution in [3.8, 4) is 46.0 Å². The first kappa shape index (κ1) is 93.6. The van der Waals surface area contributed by atoms with Gasteiger partial charge in [-0.05, 0) is 99.9 Å². The Bertz CT molecular complexity index is 3960. The summed E-state index contributed by atoms with van der Waals surface area (Å²) >= 11 is 0. The smallest absolute Gasteiger partial charge is 0.142 e. The molecule has 5 aliphatic rings. The fourth-order valence-corrected chi connectivity index (χ4v) is 21.3. The van der Waals surface area contributed by atoms with Crippen molar-refractivity contribution in [3.63, 3.8) is 0 Å². The monoisotopic (exact) mass is 1690 g/mol. The summed E-state index contributed by atoms with van der Waals surface area (Å²) in [4.78, 5) is 9.50. The Morgan fingerprint density at radius 1 is 0.242 bits per heavy atom. The largest absolute Gasteiger partial charge is 0.507 e. The minimum atomic E-state index is -0.431. The van der Waals surface area contributed by atoms with Crippen molar-refractivity contribution >= 4 is 0 Å². The molecule has 8 bridgehead atoms. The zero-order chi connectivity index (χ0) is 86.5. The van der Waals surface area contributed by atoms with Crippen LogP contribution in [-0.2, 0) is 26.2 Å². The van der Waals surface area contributed by atoms with Gasteiger partial charge in [0.25, 0.3) is 0 Å². The van der Waals surface area contributed by atoms with Crippen LogP contribution in [0.3, 0.4) is 0 Å². The van der Waals surface area contributed by atoms with E-state index < -0.39 is 23.7 Å². The van der Waals surface area contributed by atoms with Crippen LogP contribution in [0.15, 0.2) is 146 Å². The van der Waals surface area contributed by atoms with Crippen molar-refractivity contribution < 1.29 is 39.4 Å². The van der Waals surface area contributed by atoms with Crippen LogP contribution in [0.25, 0.3) is 0 Å². The van der Waals surface area contributed by atoms with Gasteiger partial charge in [-0.2, -0.15) is 0 Å². The molecule has 0 aromatic heterocycles. The lowest BCUT2D eigenvalue weighted by atomic mass is 9.74. The zero-order valence-corrected chi connectivity index (χ0v) is 77.6. The van der Waals surface area contributed by atoms with Gasteiger partial charge in [-0.25, -0.2) is 0 Å². The molecule has 13 rings (SSSR count). The lowest BCUT2D eigenvalue weighted by Crippen LogP contribution is -2.36. The summed E-state index contributed by atoms with van der Waals surface area (Å²) in [7, 11) is 0. The van der Waals surface area contributed by atoms with E-state index in [4.69, 9.17) is 18.9 Å². The van der Waals surface area contributed by atoms with Gasteiger partial charge in [0.1, 0.15) is 72.9 Å². The van der Waals surface area contributed by atoms with Gasteiger partial charge < -0.3 is 39.4 Å². The number of phenolic OH excluding ortho intramolecular Hbond substituents is 4. The third kappa shape index (κ3) is 23.7. The third-order valence-electron chi connectivity index (χ3n) is 29.3. The molecule has 4 aliphatic heterocycles. The third-order valence-corrected chi connectivity index (χ3v) is 29.3. The van der Waals surface area contributed by atoms with E-state index in [-0.39, 0.29) is 47.2 Å². The Morgan fingerprint density at radius 3 is 0.589 bits per heavy atom. The van der Waals surface area contributed by atoms with Crippen LogP contribution < -0.4 is 18.9 Å². The number of nitrogens with zero attached hydrogens (tertiary/aromatic N) is 4. The summed E-state index contributed by atoms with van der Waals surface area (Å²) < 4.78 is 30.2. The van der Waals surface area contributed by atoms with Gasteiger partial charge in [0.05, 0.1) is 22.3 Å². The first-order valence-electron chi connectivity index (χ1n) is 50.0. The Morgan fingerprint density at radius 2 is 0.411 bits per heavy atom. The highest BCUT2D eigenvalue weighted by Gasteiger charge is 2.43. The summed E-state index contributed by atoms with van der Waals surface area (Å²) in [6.45, 7) is 21.2. The van der Waals surface area contributed by atoms with Gasteiger partial charge in [-0.1, -0.05) is 380 Å². The van der Waals surface area contributed by atoms with Gasteiger partial charge >= 0.3 is 0 Å². The van der Waals surface area contributed by atoms with E-state index >= 15 is 0 Å². The van der Waals surface area contributed by atoms with Crippen LogP contribution in [0.5, 0.6) is 46.0 Å². The average molecular weight is 1690 g/mol. The van der Waals surface area contributed by atoms with Crippen LogP contribution in [0, 0.1) is 0 Å². The number of rotatable bonds is 48. The van der Waals surface area contributed by atoms with Crippen molar-refractivity contribution in [2.45, 2.75) is 386 Å². The van der Waals surface area contributed by atoms with Crippen LogP contribution in [0.2, 0.25) is 0 Å². The summed E-state index contributed by atoms with van der Waals surface area (Å²) in [5.41, 5.74) is 15.0. The highest BCUT2D eigenvalue weighted by Crippen LogP contribution is 2.59. The topological polar surface area (TPSA) is 131 Å². The molecule has 0 fully saturated rings. The van der Waals surface area contributed by atoms with Gasteiger partial charge in [0, 0.05) is 119 Å². The second kappa shape index (κ2) is 48.2. The van der Waals surface area contributed by atoms with Gasteiger partial charge in [-0.15, -0.1) is 0 Å². The summed E-state index contributed by atoms with van der Waals surface area (Å²) in [6.07, 6.45) is 44.7. The number of ether oxygens (including phenoxy) is 4. The molecule has 4 N–H and O–H groups in total. The fraction of sp³-hybridized carbons (Fsp3) is 0.571. The standard InChI is InChI=1S/C112H156N4O8/c1-9-13-17-21-25-29-33-37-53-65-89-93-69-98(110-101(105(93)117)73-113(78-122-110)81(5)85-57-45-41-46-58-85)91(67-55-39-35-31-27-23-19-15-11-3)95-71-100(112-103(107(95)119)75-115(80-124-112)83(7)87-61-49-43-50-62-87)92(68-56-40-36-32-28-24-20-16-12-4)96-72-99(111-104(108(96)120)76-116(79-123-111)84(8)88-63-51-44-52-64-88)90(66-54-38-34-30-26-22-18-14-10-2)94-70-97(89)109-102(106(94)118)74-114(77-121-109)82(6)86-59-47-42-48-60-86/h41-52,57-64,69-72,81-84,89-92,117-120H,9-40,53-56,65-68,73-80H2,1-8H3/t81-,82-,83-,84-,89?,90?,91?,92?/m1/s1. The van der Waals surface area contributed by atoms with Crippen LogP contribution in [0.4, 0.5) is 0 Å². The number of fused-ring (bicyclic) bond motifs is 16. The number of benzene rings is 8. The van der Waals surface area contributed by atoms with Crippen LogP contribution in [-0.4, -0.2) is 66.9 Å². The van der Waals surface area contributed by atoms with E-state index in [1.165, 1.54) is 176 Å². The molecule has 0 spiro atoms. The van der Waals surface area contributed by atoms with Gasteiger partial charge in [-0.3, -0.25) is 19.6 Å². The Balaban J connectivity index is 1.11. The number of hydrogen-bond donors (Lipinski definition) is 4. The molecular weight excluding hydrogens is 1530 g/mol. The molecule has 8 aromatic rings. The second-order valence-electron chi connectivity index (χ2n) is 38.0. The molecule has 124 heavy (non-hydrogen) atoms. The Labute approximate surface area is 748 Å². The molecule has 8 aromatic carbocycles. The highest BCUT2D eigenvalue weighted by atomic mass is 16.5. The maximum absolute atomic E-state index is 14.4. The Kier molecular flexibility index (Phi) is 36.4. The minimum absolute atomic E-state index is 0.0549. The number of phenols is 4. The molecule has 12 nitrogen and oxygen atoms in total. The predicted molar refractivity (Wildman–Crippen MR) is 511 cm³/mol. The van der Waals surface area contributed by atoms with Crippen LogP contribution >= 0.6 is 0 Å². The van der Waals surface area contributed by atoms with E-state index in [9.17, 15) is 20.4 Å². The molecule has 12 heteroatoms. The lowest BCUT2D eigenvalue weighted by molar-refractivity contribution is 0.0582. The van der Waals surface area contributed by atoms with E-state index in [0.717, 1.165) is 144 Å². The van der Waals surface area contributed by atoms with E-state index in [1.54, 1.807) is 0 Å². The van der Waals surface area contributed by atoms with Crippen molar-refractivity contribution in [1.82, 2.24) is 19.6 Å². The molecule has 4 unspecified atom stereocenters. The molecule has 0 radical (unpaired) electrons. The summed E-state index contributed by atoms with van der Waals surface area (Å²) in [5.74, 6) is 2.04. The number of unbranched alkanes of at least 4 members (excludes halogenated alkanes) is 32. The highest BCUT2D eigenvalue weighted by molar-refractivity contribution is 5.69. The quantitative estimate of drug-likeness (QED) is 0.0271. The summed E-state index contributed by atoms with van der Waals surface area (Å²) in [5, 5.41) is 57.8. The number of aromatic hydroxyl groups is 4. The maximum Gasteiger partial charge on any atom is 0.142 e. The molecule has 0 saturated carbocycles. The van der Waals surface area contributed by atoms with Gasteiger partial charge in [0.15, 0.2) is 0 Å². The van der Waals surface area contributed by atoms with Crippen molar-refractivity contribution in [2.24, 2.45) is 0 Å². The van der Waals surface area contributed by atoms with E-state index in [2.05, 4.69) is 221 Å². The predicted octanol–water partition coefficient (Wildman–Crippen LogP) is 30.7. The molecule has 4 heterocycles. The lowest BCUT2D eigenvalue weighted by Gasteiger charge is -2.40. The van der Waals surface area contributed by atoms with Crippen LogP contribution in [0.1, 0.15) is 449 Å². The first-order chi connectivity index (χ1) is 60.8. The maximum atomic E-state index is 14.4. The van der Waals surface area contributed by atoms with Crippen molar-refractivity contribution in [3.05, 3.63) is 235 Å². The fourth-order valence-electron chi connectivity index (χ4n) is 21.3. The van der Waals surface area contributed by atoms with Crippen molar-refractivity contribution in [2.75, 3.05) is 26.9 Å². The molecule has 0 amide bonds. The molecular formula is C112H156N4O8. The average Bonchev–Trinajstić information content (AvgIpc) is 0.723. The minimum Gasteiger partial charge on any atom is -0.507 e. The molecule has 8 atom stereocenters. The molecule has 672 valence electrons. The molecule has 1 aliphatic carbocycles.